The van der Waals surface area contributed by atoms with Gasteiger partial charge in [-0.25, -0.2) is 4.39 Å². The van der Waals surface area contributed by atoms with Crippen molar-refractivity contribution in [3.8, 4) is 11.5 Å². The van der Waals surface area contributed by atoms with Crippen LogP contribution in [-0.2, 0) is 11.2 Å². The molecule has 0 aliphatic rings. The molecule has 0 spiro atoms. The van der Waals surface area contributed by atoms with Gasteiger partial charge in [0, 0.05) is 11.1 Å². The van der Waals surface area contributed by atoms with Crippen LogP contribution in [0.25, 0.3) is 11.0 Å². The molecule has 0 saturated carbocycles. The number of anilines is 1. The van der Waals surface area contributed by atoms with Crippen molar-refractivity contribution >= 4 is 40.1 Å². The number of aliphatic carboxylic acids is 1. The van der Waals surface area contributed by atoms with Gasteiger partial charge in [-0.05, 0) is 66.2 Å². The Morgan fingerprint density at radius 1 is 1.03 bits per heavy atom. The van der Waals surface area contributed by atoms with Gasteiger partial charge in [0.25, 0.3) is 5.91 Å². The van der Waals surface area contributed by atoms with Crippen molar-refractivity contribution in [2.24, 2.45) is 0 Å². The molecular weight excluding hydrogens is 425 g/mol. The fourth-order valence-corrected chi connectivity index (χ4v) is 3.21. The van der Waals surface area contributed by atoms with Crippen LogP contribution in [0.5, 0.6) is 11.5 Å². The Bertz CT molecular complexity index is 1280. The van der Waals surface area contributed by atoms with Crippen LogP contribution < -0.4 is 10.1 Å². The number of benzene rings is 3. The number of furan rings is 1. The molecule has 3 aromatic carbocycles. The Morgan fingerprint density at radius 3 is 2.52 bits per heavy atom. The number of carbonyl (C=O) groups is 2. The Morgan fingerprint density at radius 2 is 1.81 bits per heavy atom. The van der Waals surface area contributed by atoms with Crippen molar-refractivity contribution in [3.63, 3.8) is 0 Å². The van der Waals surface area contributed by atoms with Crippen molar-refractivity contribution in [3.05, 3.63) is 88.9 Å². The molecule has 0 fully saturated rings. The third-order valence-electron chi connectivity index (χ3n) is 4.39. The molecule has 0 radical (unpaired) electrons. The predicted molar refractivity (Wildman–Crippen MR) is 113 cm³/mol. The van der Waals surface area contributed by atoms with Gasteiger partial charge in [-0.1, -0.05) is 17.7 Å². The lowest BCUT2D eigenvalue weighted by Gasteiger charge is -2.10. The Balaban J connectivity index is 1.43. The summed E-state index contributed by atoms with van der Waals surface area (Å²) < 4.78 is 24.5. The van der Waals surface area contributed by atoms with E-state index >= 15 is 0 Å². The Hall–Kier alpha value is -3.84. The lowest BCUT2D eigenvalue weighted by molar-refractivity contribution is -0.136. The van der Waals surface area contributed by atoms with Gasteiger partial charge in [0.1, 0.15) is 22.9 Å². The van der Waals surface area contributed by atoms with Crippen LogP contribution in [0.3, 0.4) is 0 Å². The van der Waals surface area contributed by atoms with Crippen LogP contribution >= 0.6 is 11.6 Å². The van der Waals surface area contributed by atoms with Crippen LogP contribution in [0.1, 0.15) is 16.1 Å². The average molecular weight is 440 g/mol. The molecule has 0 bridgehead atoms. The third-order valence-corrected chi connectivity index (χ3v) is 4.69. The molecule has 4 aromatic rings. The molecule has 1 aromatic heterocycles. The molecule has 6 nitrogen and oxygen atoms in total. The highest BCUT2D eigenvalue weighted by Crippen LogP contribution is 2.31. The SMILES string of the molecule is O=C(O)Cc1ccc(Oc2ccc(NC(=O)c3cc4cc(F)ccc4o3)cc2)c(Cl)c1. The molecule has 0 unspecified atom stereocenters. The maximum Gasteiger partial charge on any atom is 0.307 e. The van der Waals surface area contributed by atoms with Crippen LogP contribution in [0.4, 0.5) is 10.1 Å². The maximum atomic E-state index is 13.3. The summed E-state index contributed by atoms with van der Waals surface area (Å²) in [7, 11) is 0. The van der Waals surface area contributed by atoms with E-state index < -0.39 is 17.7 Å². The van der Waals surface area contributed by atoms with Gasteiger partial charge in [0.05, 0.1) is 11.4 Å². The quantitative estimate of drug-likeness (QED) is 0.390. The van der Waals surface area contributed by atoms with E-state index in [0.717, 1.165) is 0 Å². The summed E-state index contributed by atoms with van der Waals surface area (Å²) in [5.41, 5.74) is 1.49. The van der Waals surface area contributed by atoms with Gasteiger partial charge in [0.2, 0.25) is 0 Å². The van der Waals surface area contributed by atoms with Gasteiger partial charge in [0.15, 0.2) is 5.76 Å². The summed E-state index contributed by atoms with van der Waals surface area (Å²) in [4.78, 5) is 23.2. The van der Waals surface area contributed by atoms with Crippen LogP contribution in [0, 0.1) is 5.82 Å². The van der Waals surface area contributed by atoms with Crippen molar-refractivity contribution in [1.82, 2.24) is 0 Å². The molecule has 4 rings (SSSR count). The molecule has 0 aliphatic heterocycles. The smallest absolute Gasteiger partial charge is 0.307 e. The number of hydrogen-bond acceptors (Lipinski definition) is 4. The number of fused-ring (bicyclic) bond motifs is 1. The monoisotopic (exact) mass is 439 g/mol. The third kappa shape index (κ3) is 4.84. The highest BCUT2D eigenvalue weighted by molar-refractivity contribution is 6.32. The van der Waals surface area contributed by atoms with E-state index in [2.05, 4.69) is 5.32 Å². The molecule has 156 valence electrons. The molecule has 0 saturated heterocycles. The molecule has 2 N–H and O–H groups in total. The molecule has 31 heavy (non-hydrogen) atoms. The number of carbonyl (C=O) groups excluding carboxylic acids is 1. The van der Waals surface area contributed by atoms with E-state index in [9.17, 15) is 14.0 Å². The highest BCUT2D eigenvalue weighted by Gasteiger charge is 2.13. The summed E-state index contributed by atoms with van der Waals surface area (Å²) in [6.07, 6.45) is -0.130. The molecule has 8 heteroatoms. The van der Waals surface area contributed by atoms with Gasteiger partial charge in [-0.3, -0.25) is 9.59 Å². The summed E-state index contributed by atoms with van der Waals surface area (Å²) >= 11 is 6.17. The molecular formula is C23H15ClFNO5. The van der Waals surface area contributed by atoms with E-state index in [-0.39, 0.29) is 17.2 Å². The van der Waals surface area contributed by atoms with Crippen molar-refractivity contribution in [1.29, 1.82) is 0 Å². The van der Waals surface area contributed by atoms with E-state index in [1.807, 2.05) is 0 Å². The van der Waals surface area contributed by atoms with Gasteiger partial charge in [-0.2, -0.15) is 0 Å². The van der Waals surface area contributed by atoms with Crippen molar-refractivity contribution in [2.45, 2.75) is 6.42 Å². The number of carboxylic acid groups (broad SMARTS) is 1. The van der Waals surface area contributed by atoms with Gasteiger partial charge < -0.3 is 19.6 Å². The lowest BCUT2D eigenvalue weighted by atomic mass is 10.1. The summed E-state index contributed by atoms with van der Waals surface area (Å²) in [6, 6.07) is 16.8. The Kier molecular flexibility index (Phi) is 5.60. The number of ether oxygens (including phenoxy) is 1. The number of hydrogen-bond donors (Lipinski definition) is 2. The summed E-state index contributed by atoms with van der Waals surface area (Å²) in [6.45, 7) is 0. The van der Waals surface area contributed by atoms with Crippen LogP contribution in [-0.4, -0.2) is 17.0 Å². The number of carboxylic acids is 1. The zero-order valence-electron chi connectivity index (χ0n) is 15.9. The highest BCUT2D eigenvalue weighted by atomic mass is 35.5. The zero-order chi connectivity index (χ0) is 22.0. The second-order valence-corrected chi connectivity index (χ2v) is 7.12. The van der Waals surface area contributed by atoms with Crippen LogP contribution in [0.2, 0.25) is 5.02 Å². The summed E-state index contributed by atoms with van der Waals surface area (Å²) in [5, 5.41) is 12.3. The molecule has 0 atom stereocenters. The molecule has 0 aliphatic carbocycles. The summed E-state index contributed by atoms with van der Waals surface area (Å²) in [5.74, 6) is -0.909. The minimum atomic E-state index is -0.947. The second-order valence-electron chi connectivity index (χ2n) is 6.71. The minimum Gasteiger partial charge on any atom is -0.481 e. The first-order valence-corrected chi connectivity index (χ1v) is 9.54. The molecule has 1 amide bonds. The number of nitrogens with one attached hydrogen (secondary N) is 1. The van der Waals surface area contributed by atoms with Gasteiger partial charge >= 0.3 is 5.97 Å². The fourth-order valence-electron chi connectivity index (χ4n) is 2.96. The zero-order valence-corrected chi connectivity index (χ0v) is 16.7. The van der Waals surface area contributed by atoms with E-state index in [4.69, 9.17) is 25.9 Å². The lowest BCUT2D eigenvalue weighted by Crippen LogP contribution is -2.10. The van der Waals surface area contributed by atoms with Gasteiger partial charge in [-0.15, -0.1) is 0 Å². The molecule has 1 heterocycles. The second kappa shape index (κ2) is 8.49. The average Bonchev–Trinajstić information content (AvgIpc) is 3.14. The predicted octanol–water partition coefficient (Wildman–Crippen LogP) is 5.90. The first-order valence-electron chi connectivity index (χ1n) is 9.16. The van der Waals surface area contributed by atoms with Crippen LogP contribution in [0.15, 0.2) is 71.1 Å². The first-order chi connectivity index (χ1) is 14.9. The fraction of sp³-hybridized carbons (Fsp3) is 0.0435. The van der Waals surface area contributed by atoms with E-state index in [0.29, 0.717) is 33.7 Å². The largest absolute Gasteiger partial charge is 0.481 e. The standard InChI is InChI=1S/C23H15ClFNO5/c24-18-9-13(10-22(27)28)1-7-20(18)30-17-5-3-16(4-6-17)26-23(29)21-12-14-11-15(25)2-8-19(14)31-21/h1-9,11-12H,10H2,(H,26,29)(H,27,28). The van der Waals surface area contributed by atoms with E-state index in [1.165, 1.54) is 24.3 Å². The minimum absolute atomic E-state index is 0.0640. The number of rotatable bonds is 6. The topological polar surface area (TPSA) is 88.8 Å². The normalized spacial score (nSPS) is 10.8. The maximum absolute atomic E-state index is 13.3. The number of halogens is 2. The number of amides is 1. The Labute approximate surface area is 180 Å². The first kappa shape index (κ1) is 20.4. The van der Waals surface area contributed by atoms with E-state index in [1.54, 1.807) is 42.5 Å². The van der Waals surface area contributed by atoms with Crippen molar-refractivity contribution < 1.29 is 28.2 Å². The van der Waals surface area contributed by atoms with Crippen molar-refractivity contribution in [2.75, 3.05) is 5.32 Å².